The van der Waals surface area contributed by atoms with E-state index in [9.17, 15) is 13.2 Å². The molecule has 1 aliphatic heterocycles. The second-order valence-corrected chi connectivity index (χ2v) is 8.80. The number of fused-ring (bicyclic) bond motifs is 1. The molecule has 1 aromatic heterocycles. The highest BCUT2D eigenvalue weighted by Crippen LogP contribution is 2.32. The van der Waals surface area contributed by atoms with Gasteiger partial charge in [0.05, 0.1) is 17.0 Å². The Balaban J connectivity index is 1.57. The van der Waals surface area contributed by atoms with Gasteiger partial charge >= 0.3 is 0 Å². The van der Waals surface area contributed by atoms with Crippen LogP contribution in [0.25, 0.3) is 0 Å². The second-order valence-electron chi connectivity index (χ2n) is 7.08. The van der Waals surface area contributed by atoms with Crippen molar-refractivity contribution in [1.82, 2.24) is 4.98 Å². The Labute approximate surface area is 170 Å². The van der Waals surface area contributed by atoms with E-state index in [1.807, 2.05) is 37.3 Å². The van der Waals surface area contributed by atoms with Gasteiger partial charge in [0.1, 0.15) is 0 Å². The lowest BCUT2D eigenvalue weighted by Gasteiger charge is -2.18. The van der Waals surface area contributed by atoms with E-state index in [0.717, 1.165) is 28.8 Å². The molecule has 2 heterocycles. The van der Waals surface area contributed by atoms with Crippen LogP contribution in [0.5, 0.6) is 0 Å². The number of hydrogen-bond acceptors (Lipinski definition) is 4. The highest BCUT2D eigenvalue weighted by atomic mass is 32.2. The molecule has 0 aliphatic carbocycles. The van der Waals surface area contributed by atoms with Crippen molar-refractivity contribution in [3.8, 4) is 0 Å². The molecule has 148 valence electrons. The van der Waals surface area contributed by atoms with Crippen LogP contribution in [-0.2, 0) is 22.2 Å². The molecule has 4 rings (SSSR count). The first-order valence-electron chi connectivity index (χ1n) is 9.33. The highest BCUT2D eigenvalue weighted by Gasteiger charge is 2.26. The number of carbonyl (C=O) groups is 1. The average Bonchev–Trinajstić information content (AvgIpc) is 3.12. The molecule has 0 unspecified atom stereocenters. The molecule has 1 aliphatic rings. The van der Waals surface area contributed by atoms with Gasteiger partial charge in [0, 0.05) is 24.6 Å². The maximum atomic E-state index is 12.8. The molecule has 2 aromatic carbocycles. The van der Waals surface area contributed by atoms with Crippen molar-refractivity contribution < 1.29 is 13.2 Å². The Kier molecular flexibility index (Phi) is 5.07. The number of amides is 1. The average molecular weight is 407 g/mol. The Morgan fingerprint density at radius 2 is 1.97 bits per heavy atom. The number of rotatable bonds is 5. The molecule has 3 aromatic rings. The third-order valence-electron chi connectivity index (χ3n) is 5.01. The number of sulfonamides is 1. The summed E-state index contributed by atoms with van der Waals surface area (Å²) < 4.78 is 28.0. The van der Waals surface area contributed by atoms with Crippen LogP contribution < -0.4 is 9.62 Å². The van der Waals surface area contributed by atoms with Crippen molar-refractivity contribution in [2.24, 2.45) is 0 Å². The number of benzene rings is 2. The van der Waals surface area contributed by atoms with Crippen molar-refractivity contribution >= 4 is 27.3 Å². The van der Waals surface area contributed by atoms with Crippen LogP contribution in [0.3, 0.4) is 0 Å². The summed E-state index contributed by atoms with van der Waals surface area (Å²) in [4.78, 5) is 18.5. The SMILES string of the molecule is Cc1ccccc1CS(=O)(=O)Nc1ccc2c(c1)N(C(=O)c1cccnc1)CC2. The Hall–Kier alpha value is -3.19. The molecule has 0 atom stereocenters. The topological polar surface area (TPSA) is 79.4 Å². The van der Waals surface area contributed by atoms with Gasteiger partial charge in [0.25, 0.3) is 5.91 Å². The zero-order valence-corrected chi connectivity index (χ0v) is 16.8. The minimum absolute atomic E-state index is 0.102. The molecule has 29 heavy (non-hydrogen) atoms. The van der Waals surface area contributed by atoms with E-state index in [1.54, 1.807) is 35.4 Å². The van der Waals surface area contributed by atoms with Gasteiger partial charge in [-0.3, -0.25) is 14.5 Å². The molecule has 0 saturated carbocycles. The standard InChI is InChI=1S/C22H21N3O3S/c1-16-5-2-3-6-19(16)15-29(27,28)24-20-9-8-17-10-12-25(21(17)13-20)22(26)18-7-4-11-23-14-18/h2-9,11,13-14,24H,10,12,15H2,1H3. The highest BCUT2D eigenvalue weighted by molar-refractivity contribution is 7.91. The molecule has 0 radical (unpaired) electrons. The summed E-state index contributed by atoms with van der Waals surface area (Å²) >= 11 is 0. The summed E-state index contributed by atoms with van der Waals surface area (Å²) in [7, 11) is -3.58. The van der Waals surface area contributed by atoms with E-state index in [1.165, 1.54) is 6.20 Å². The maximum Gasteiger partial charge on any atom is 0.259 e. The third kappa shape index (κ3) is 4.14. The molecule has 0 spiro atoms. The molecule has 1 amide bonds. The van der Waals surface area contributed by atoms with Crippen LogP contribution in [0.4, 0.5) is 11.4 Å². The monoisotopic (exact) mass is 407 g/mol. The number of pyridine rings is 1. The van der Waals surface area contributed by atoms with Crippen molar-refractivity contribution in [2.75, 3.05) is 16.2 Å². The Morgan fingerprint density at radius 1 is 1.14 bits per heavy atom. The summed E-state index contributed by atoms with van der Waals surface area (Å²) in [6.45, 7) is 2.45. The van der Waals surface area contributed by atoms with Crippen molar-refractivity contribution in [3.05, 3.63) is 89.2 Å². The number of aryl methyl sites for hydroxylation is 1. The van der Waals surface area contributed by atoms with Gasteiger partial charge < -0.3 is 4.90 Å². The molecule has 0 fully saturated rings. The number of nitrogens with zero attached hydrogens (tertiary/aromatic N) is 2. The molecule has 7 heteroatoms. The molecular formula is C22H21N3O3S. The predicted octanol–water partition coefficient (Wildman–Crippen LogP) is 3.53. The molecule has 6 nitrogen and oxygen atoms in total. The minimum atomic E-state index is -3.58. The van der Waals surface area contributed by atoms with Crippen molar-refractivity contribution in [1.29, 1.82) is 0 Å². The third-order valence-corrected chi connectivity index (χ3v) is 6.25. The van der Waals surface area contributed by atoms with Crippen LogP contribution in [0.2, 0.25) is 0 Å². The van der Waals surface area contributed by atoms with Gasteiger partial charge in [-0.1, -0.05) is 30.3 Å². The summed E-state index contributed by atoms with van der Waals surface area (Å²) in [6.07, 6.45) is 3.89. The first-order valence-corrected chi connectivity index (χ1v) is 11.0. The zero-order chi connectivity index (χ0) is 20.4. The molecule has 0 bridgehead atoms. The lowest BCUT2D eigenvalue weighted by atomic mass is 10.1. The number of anilines is 2. The van der Waals surface area contributed by atoms with Gasteiger partial charge in [-0.15, -0.1) is 0 Å². The fourth-order valence-electron chi connectivity index (χ4n) is 3.49. The summed E-state index contributed by atoms with van der Waals surface area (Å²) in [5.41, 5.74) is 4.39. The van der Waals surface area contributed by atoms with Gasteiger partial charge in [-0.25, -0.2) is 8.42 Å². The first kappa shape index (κ1) is 19.1. The summed E-state index contributed by atoms with van der Waals surface area (Å²) in [5, 5.41) is 0. The number of aromatic nitrogens is 1. The lowest BCUT2D eigenvalue weighted by Crippen LogP contribution is -2.29. The largest absolute Gasteiger partial charge is 0.308 e. The molecule has 1 N–H and O–H groups in total. The van der Waals surface area contributed by atoms with Gasteiger partial charge in [-0.05, 0) is 54.3 Å². The lowest BCUT2D eigenvalue weighted by molar-refractivity contribution is 0.0989. The first-order chi connectivity index (χ1) is 13.9. The second kappa shape index (κ2) is 7.67. The summed E-state index contributed by atoms with van der Waals surface area (Å²) in [5.74, 6) is -0.244. The number of hydrogen-bond donors (Lipinski definition) is 1. The van der Waals surface area contributed by atoms with Gasteiger partial charge in [0.2, 0.25) is 10.0 Å². The number of carbonyl (C=O) groups excluding carboxylic acids is 1. The number of nitrogens with one attached hydrogen (secondary N) is 1. The van der Waals surface area contributed by atoms with E-state index < -0.39 is 10.0 Å². The van der Waals surface area contributed by atoms with Crippen LogP contribution >= 0.6 is 0 Å². The van der Waals surface area contributed by atoms with E-state index in [0.29, 0.717) is 17.8 Å². The maximum absolute atomic E-state index is 12.8. The Bertz CT molecular complexity index is 1160. The molecular weight excluding hydrogens is 386 g/mol. The van der Waals surface area contributed by atoms with E-state index in [4.69, 9.17) is 0 Å². The fraction of sp³-hybridized carbons (Fsp3) is 0.182. The van der Waals surface area contributed by atoms with E-state index in [-0.39, 0.29) is 11.7 Å². The Morgan fingerprint density at radius 3 is 2.72 bits per heavy atom. The van der Waals surface area contributed by atoms with E-state index in [2.05, 4.69) is 9.71 Å². The molecule has 0 saturated heterocycles. The van der Waals surface area contributed by atoms with Crippen LogP contribution in [-0.4, -0.2) is 25.9 Å². The van der Waals surface area contributed by atoms with Crippen LogP contribution in [0.15, 0.2) is 67.0 Å². The fourth-order valence-corrected chi connectivity index (χ4v) is 4.78. The smallest absolute Gasteiger partial charge is 0.259 e. The van der Waals surface area contributed by atoms with Gasteiger partial charge in [-0.2, -0.15) is 0 Å². The van der Waals surface area contributed by atoms with Crippen molar-refractivity contribution in [3.63, 3.8) is 0 Å². The van der Waals surface area contributed by atoms with Crippen molar-refractivity contribution in [2.45, 2.75) is 19.1 Å². The predicted molar refractivity (Wildman–Crippen MR) is 113 cm³/mol. The van der Waals surface area contributed by atoms with Crippen LogP contribution in [0.1, 0.15) is 27.0 Å². The minimum Gasteiger partial charge on any atom is -0.308 e. The van der Waals surface area contributed by atoms with Gasteiger partial charge in [0.15, 0.2) is 0 Å². The van der Waals surface area contributed by atoms with Crippen LogP contribution in [0, 0.1) is 6.92 Å². The quantitative estimate of drug-likeness (QED) is 0.702. The summed E-state index contributed by atoms with van der Waals surface area (Å²) in [6, 6.07) is 16.2. The van der Waals surface area contributed by atoms with E-state index >= 15 is 0 Å². The normalized spacial score (nSPS) is 13.2. The zero-order valence-electron chi connectivity index (χ0n) is 16.0.